The van der Waals surface area contributed by atoms with Gasteiger partial charge in [0.2, 0.25) is 0 Å². The van der Waals surface area contributed by atoms with Gasteiger partial charge in [-0.2, -0.15) is 0 Å². The summed E-state index contributed by atoms with van der Waals surface area (Å²) >= 11 is 0. The van der Waals surface area contributed by atoms with E-state index in [9.17, 15) is 19.5 Å². The third-order valence-corrected chi connectivity index (χ3v) is 4.41. The number of amides is 2. The van der Waals surface area contributed by atoms with Gasteiger partial charge in [-0.25, -0.2) is 4.79 Å². The van der Waals surface area contributed by atoms with Crippen LogP contribution in [-0.4, -0.2) is 46.4 Å². The van der Waals surface area contributed by atoms with E-state index in [0.717, 1.165) is 6.42 Å². The Balaban J connectivity index is 2.09. The summed E-state index contributed by atoms with van der Waals surface area (Å²) in [5, 5.41) is 11.9. The molecule has 1 fully saturated rings. The monoisotopic (exact) mass is 318 g/mol. The summed E-state index contributed by atoms with van der Waals surface area (Å²) in [6, 6.07) is 6.31. The molecule has 1 aliphatic rings. The molecule has 0 saturated heterocycles. The van der Waals surface area contributed by atoms with Crippen molar-refractivity contribution in [2.75, 3.05) is 13.1 Å². The first-order valence-electron chi connectivity index (χ1n) is 7.88. The standard InChI is InChI=1S/C17H22N2O4/c1-3-19(4-2)15(21)13-8-6-12(7-9-13)14(20)18-17(16(22)23)10-5-11-17/h6-9H,3-5,10-11H2,1-2H3,(H,18,20)(H,22,23). The number of benzene rings is 1. The van der Waals surface area contributed by atoms with Crippen molar-refractivity contribution in [3.63, 3.8) is 0 Å². The largest absolute Gasteiger partial charge is 0.480 e. The van der Waals surface area contributed by atoms with E-state index in [2.05, 4.69) is 5.32 Å². The Morgan fingerprint density at radius 3 is 2.00 bits per heavy atom. The van der Waals surface area contributed by atoms with E-state index in [-0.39, 0.29) is 5.91 Å². The Bertz CT molecular complexity index is 602. The Labute approximate surface area is 135 Å². The topological polar surface area (TPSA) is 86.7 Å². The summed E-state index contributed by atoms with van der Waals surface area (Å²) in [5.74, 6) is -1.50. The van der Waals surface area contributed by atoms with E-state index in [1.165, 1.54) is 0 Å². The van der Waals surface area contributed by atoms with Crippen LogP contribution in [0.15, 0.2) is 24.3 Å². The van der Waals surface area contributed by atoms with Crippen molar-refractivity contribution in [2.24, 2.45) is 0 Å². The van der Waals surface area contributed by atoms with Crippen LogP contribution in [0.2, 0.25) is 0 Å². The average Bonchev–Trinajstić information content (AvgIpc) is 2.51. The van der Waals surface area contributed by atoms with Gasteiger partial charge in [-0.1, -0.05) is 0 Å². The van der Waals surface area contributed by atoms with E-state index in [4.69, 9.17) is 0 Å². The molecule has 23 heavy (non-hydrogen) atoms. The fourth-order valence-corrected chi connectivity index (χ4v) is 2.67. The Kier molecular flexibility index (Phi) is 5.03. The quantitative estimate of drug-likeness (QED) is 0.839. The summed E-state index contributed by atoms with van der Waals surface area (Å²) in [4.78, 5) is 37.4. The summed E-state index contributed by atoms with van der Waals surface area (Å²) in [5.41, 5.74) is -0.261. The minimum atomic E-state index is -1.13. The number of nitrogens with one attached hydrogen (secondary N) is 1. The van der Waals surface area contributed by atoms with Gasteiger partial charge in [0.15, 0.2) is 0 Å². The van der Waals surface area contributed by atoms with Crippen molar-refractivity contribution in [2.45, 2.75) is 38.6 Å². The molecule has 0 radical (unpaired) electrons. The second-order valence-corrected chi connectivity index (χ2v) is 5.75. The normalized spacial score (nSPS) is 15.4. The van der Waals surface area contributed by atoms with Crippen molar-refractivity contribution >= 4 is 17.8 Å². The molecule has 1 aliphatic carbocycles. The molecule has 0 bridgehead atoms. The lowest BCUT2D eigenvalue weighted by atomic mass is 9.76. The predicted molar refractivity (Wildman–Crippen MR) is 85.4 cm³/mol. The minimum absolute atomic E-state index is 0.0806. The van der Waals surface area contributed by atoms with E-state index in [1.54, 1.807) is 29.2 Å². The smallest absolute Gasteiger partial charge is 0.329 e. The number of rotatable bonds is 6. The van der Waals surface area contributed by atoms with Crippen LogP contribution in [0.1, 0.15) is 53.8 Å². The third kappa shape index (κ3) is 3.36. The number of carbonyl (C=O) groups is 3. The summed E-state index contributed by atoms with van der Waals surface area (Å²) in [6.07, 6.45) is 1.70. The summed E-state index contributed by atoms with van der Waals surface area (Å²) in [6.45, 7) is 5.07. The number of aliphatic carboxylic acids is 1. The second-order valence-electron chi connectivity index (χ2n) is 5.75. The molecule has 0 unspecified atom stereocenters. The Morgan fingerprint density at radius 2 is 1.61 bits per heavy atom. The molecular formula is C17H22N2O4. The molecule has 1 saturated carbocycles. The molecule has 2 amide bonds. The first kappa shape index (κ1) is 17.0. The number of hydrogen-bond donors (Lipinski definition) is 2. The van der Waals surface area contributed by atoms with Crippen LogP contribution in [-0.2, 0) is 4.79 Å². The first-order valence-corrected chi connectivity index (χ1v) is 7.88. The van der Waals surface area contributed by atoms with Gasteiger partial charge in [0.1, 0.15) is 5.54 Å². The highest BCUT2D eigenvalue weighted by atomic mass is 16.4. The second kappa shape index (κ2) is 6.81. The highest BCUT2D eigenvalue weighted by Gasteiger charge is 2.45. The third-order valence-electron chi connectivity index (χ3n) is 4.41. The van der Waals surface area contributed by atoms with Crippen LogP contribution >= 0.6 is 0 Å². The van der Waals surface area contributed by atoms with Gasteiger partial charge in [-0.15, -0.1) is 0 Å². The molecule has 0 spiro atoms. The van der Waals surface area contributed by atoms with Gasteiger partial charge < -0.3 is 15.3 Å². The molecule has 2 N–H and O–H groups in total. The molecule has 0 atom stereocenters. The zero-order valence-corrected chi connectivity index (χ0v) is 13.5. The van der Waals surface area contributed by atoms with Crippen molar-refractivity contribution in [3.8, 4) is 0 Å². The number of hydrogen-bond acceptors (Lipinski definition) is 3. The molecule has 1 aromatic carbocycles. The fraction of sp³-hybridized carbons (Fsp3) is 0.471. The Hall–Kier alpha value is -2.37. The van der Waals surface area contributed by atoms with Crippen molar-refractivity contribution in [1.82, 2.24) is 10.2 Å². The molecular weight excluding hydrogens is 296 g/mol. The Morgan fingerprint density at radius 1 is 1.09 bits per heavy atom. The summed E-state index contributed by atoms with van der Waals surface area (Å²) < 4.78 is 0. The van der Waals surface area contributed by atoms with Gasteiger partial charge >= 0.3 is 5.97 Å². The van der Waals surface area contributed by atoms with Crippen LogP contribution in [0.3, 0.4) is 0 Å². The van der Waals surface area contributed by atoms with Crippen molar-refractivity contribution in [1.29, 1.82) is 0 Å². The van der Waals surface area contributed by atoms with Gasteiger partial charge in [0.05, 0.1) is 0 Å². The number of carboxylic acid groups (broad SMARTS) is 1. The minimum Gasteiger partial charge on any atom is -0.480 e. The van der Waals surface area contributed by atoms with Crippen LogP contribution in [0.5, 0.6) is 0 Å². The number of carboxylic acids is 1. The molecule has 0 aromatic heterocycles. The SMILES string of the molecule is CCN(CC)C(=O)c1ccc(C(=O)NC2(C(=O)O)CCC2)cc1. The van der Waals surface area contributed by atoms with Gasteiger partial charge in [-0.3, -0.25) is 9.59 Å². The molecule has 1 aromatic rings. The van der Waals surface area contributed by atoms with Gasteiger partial charge in [0.25, 0.3) is 11.8 Å². The molecule has 6 nitrogen and oxygen atoms in total. The van der Waals surface area contributed by atoms with Crippen LogP contribution in [0.4, 0.5) is 0 Å². The highest BCUT2D eigenvalue weighted by Crippen LogP contribution is 2.32. The highest BCUT2D eigenvalue weighted by molar-refractivity contribution is 6.00. The fourth-order valence-electron chi connectivity index (χ4n) is 2.67. The molecule has 0 heterocycles. The maximum Gasteiger partial charge on any atom is 0.329 e. The van der Waals surface area contributed by atoms with Crippen molar-refractivity contribution in [3.05, 3.63) is 35.4 Å². The zero-order chi connectivity index (χ0) is 17.0. The van der Waals surface area contributed by atoms with E-state index < -0.39 is 17.4 Å². The van der Waals surface area contributed by atoms with Crippen LogP contribution < -0.4 is 5.32 Å². The lowest BCUT2D eigenvalue weighted by Crippen LogP contribution is -2.59. The molecule has 0 aliphatic heterocycles. The predicted octanol–water partition coefficient (Wildman–Crippen LogP) is 1.91. The van der Waals surface area contributed by atoms with E-state index in [1.807, 2.05) is 13.8 Å². The molecule has 6 heteroatoms. The first-order chi connectivity index (χ1) is 10.9. The molecule has 124 valence electrons. The maximum atomic E-state index is 12.2. The van der Waals surface area contributed by atoms with E-state index >= 15 is 0 Å². The maximum absolute atomic E-state index is 12.2. The van der Waals surface area contributed by atoms with Crippen molar-refractivity contribution < 1.29 is 19.5 Å². The average molecular weight is 318 g/mol. The van der Waals surface area contributed by atoms with Gasteiger partial charge in [-0.05, 0) is 57.4 Å². The van der Waals surface area contributed by atoms with Crippen LogP contribution in [0, 0.1) is 0 Å². The number of carbonyl (C=O) groups excluding carboxylic acids is 2. The zero-order valence-electron chi connectivity index (χ0n) is 13.5. The summed E-state index contributed by atoms with van der Waals surface area (Å²) in [7, 11) is 0. The lowest BCUT2D eigenvalue weighted by Gasteiger charge is -2.38. The van der Waals surface area contributed by atoms with E-state index in [0.29, 0.717) is 37.1 Å². The number of nitrogens with zero attached hydrogens (tertiary/aromatic N) is 1. The lowest BCUT2D eigenvalue weighted by molar-refractivity contribution is -0.148. The molecule has 2 rings (SSSR count). The van der Waals surface area contributed by atoms with Crippen LogP contribution in [0.25, 0.3) is 0 Å². The van der Waals surface area contributed by atoms with Gasteiger partial charge in [0, 0.05) is 24.2 Å².